The quantitative estimate of drug-likeness (QED) is 0.553. The van der Waals surface area contributed by atoms with E-state index in [0.717, 1.165) is 21.1 Å². The van der Waals surface area contributed by atoms with E-state index in [9.17, 15) is 10.1 Å². The van der Waals surface area contributed by atoms with Gasteiger partial charge in [-0.15, -0.1) is 0 Å². The Bertz CT molecular complexity index is 1150. The van der Waals surface area contributed by atoms with Crippen LogP contribution >= 0.6 is 15.9 Å². The van der Waals surface area contributed by atoms with Crippen molar-refractivity contribution < 1.29 is 0 Å². The minimum atomic E-state index is -0.200. The molecule has 0 unspecified atom stereocenters. The highest BCUT2D eigenvalue weighted by Gasteiger charge is 2.15. The molecule has 2 heterocycles. The Morgan fingerprint density at radius 3 is 2.65 bits per heavy atom. The van der Waals surface area contributed by atoms with E-state index in [1.165, 1.54) is 0 Å². The van der Waals surface area contributed by atoms with Crippen LogP contribution in [0.25, 0.3) is 27.7 Å². The Hall–Kier alpha value is -2.84. The second-order valence-corrected chi connectivity index (χ2v) is 6.15. The van der Waals surface area contributed by atoms with Gasteiger partial charge in [0.2, 0.25) is 0 Å². The van der Waals surface area contributed by atoms with E-state index in [-0.39, 0.29) is 5.56 Å². The van der Waals surface area contributed by atoms with Gasteiger partial charge in [-0.2, -0.15) is 5.26 Å². The van der Waals surface area contributed by atoms with Crippen molar-refractivity contribution in [3.63, 3.8) is 0 Å². The van der Waals surface area contributed by atoms with Gasteiger partial charge in [-0.1, -0.05) is 46.3 Å². The molecule has 0 amide bonds. The van der Waals surface area contributed by atoms with Crippen LogP contribution in [0.1, 0.15) is 5.56 Å². The average molecular weight is 364 g/mol. The number of rotatable bonds is 1. The van der Waals surface area contributed by atoms with Crippen molar-refractivity contribution in [3.8, 4) is 17.2 Å². The van der Waals surface area contributed by atoms with Crippen LogP contribution < -0.4 is 5.56 Å². The molecule has 0 spiro atoms. The van der Waals surface area contributed by atoms with Crippen LogP contribution in [0, 0.1) is 11.3 Å². The van der Waals surface area contributed by atoms with Gasteiger partial charge in [-0.25, -0.2) is 0 Å². The molecule has 5 heteroatoms. The Morgan fingerprint density at radius 1 is 1.13 bits per heavy atom. The summed E-state index contributed by atoms with van der Waals surface area (Å²) in [5, 5.41) is 10.2. The molecule has 4 aromatic rings. The first kappa shape index (κ1) is 13.8. The standard InChI is InChI=1S/C18H10BrN3O/c19-12-6-7-13-16(8-12)22-10-15(11-4-2-1-3-5-11)14(9-20)17(22)21-18(13)23/h1-8,10H,(H,21,23). The first-order valence-corrected chi connectivity index (χ1v) is 7.80. The molecule has 0 fully saturated rings. The van der Waals surface area contributed by atoms with E-state index in [2.05, 4.69) is 27.0 Å². The molecule has 0 saturated carbocycles. The van der Waals surface area contributed by atoms with Crippen LogP contribution in [-0.4, -0.2) is 9.38 Å². The largest absolute Gasteiger partial charge is 0.306 e. The highest BCUT2D eigenvalue weighted by molar-refractivity contribution is 9.10. The van der Waals surface area contributed by atoms with E-state index < -0.39 is 0 Å². The Labute approximate surface area is 139 Å². The number of nitriles is 1. The second kappa shape index (κ2) is 5.11. The molecule has 0 aliphatic heterocycles. The number of nitrogens with one attached hydrogen (secondary N) is 1. The summed E-state index contributed by atoms with van der Waals surface area (Å²) < 4.78 is 2.74. The van der Waals surface area contributed by atoms with E-state index >= 15 is 0 Å². The number of fused-ring (bicyclic) bond motifs is 3. The van der Waals surface area contributed by atoms with Crippen molar-refractivity contribution in [1.29, 1.82) is 5.26 Å². The zero-order valence-electron chi connectivity index (χ0n) is 11.9. The predicted octanol–water partition coefficient (Wildman–Crippen LogP) is 4.08. The number of benzene rings is 2. The van der Waals surface area contributed by atoms with Gasteiger partial charge in [0.05, 0.1) is 10.9 Å². The summed E-state index contributed by atoms with van der Waals surface area (Å²) in [6.07, 6.45) is 1.90. The van der Waals surface area contributed by atoms with Gasteiger partial charge in [0, 0.05) is 16.2 Å². The fraction of sp³-hybridized carbons (Fsp3) is 0. The fourth-order valence-corrected chi connectivity index (χ4v) is 3.19. The highest BCUT2D eigenvalue weighted by Crippen LogP contribution is 2.29. The number of aromatic nitrogens is 2. The molecule has 23 heavy (non-hydrogen) atoms. The summed E-state index contributed by atoms with van der Waals surface area (Å²) in [4.78, 5) is 15.2. The molecule has 2 aromatic carbocycles. The van der Waals surface area contributed by atoms with Crippen molar-refractivity contribution in [2.24, 2.45) is 0 Å². The van der Waals surface area contributed by atoms with Crippen molar-refractivity contribution in [3.05, 3.63) is 75.1 Å². The third-order valence-electron chi connectivity index (χ3n) is 3.90. The number of H-pyrrole nitrogens is 1. The van der Waals surface area contributed by atoms with Gasteiger partial charge in [0.1, 0.15) is 17.3 Å². The summed E-state index contributed by atoms with van der Waals surface area (Å²) in [5.41, 5.74) is 3.29. The summed E-state index contributed by atoms with van der Waals surface area (Å²) >= 11 is 3.44. The van der Waals surface area contributed by atoms with Crippen LogP contribution in [0.3, 0.4) is 0 Å². The lowest BCUT2D eigenvalue weighted by Crippen LogP contribution is -2.09. The molecular weight excluding hydrogens is 354 g/mol. The molecule has 0 radical (unpaired) electrons. The Morgan fingerprint density at radius 2 is 1.91 bits per heavy atom. The molecule has 0 aliphatic carbocycles. The summed E-state index contributed by atoms with van der Waals surface area (Å²) in [6, 6.07) is 17.4. The molecule has 1 N–H and O–H groups in total. The molecule has 0 saturated heterocycles. The molecule has 0 atom stereocenters. The van der Waals surface area contributed by atoms with Gasteiger partial charge in [0.15, 0.2) is 0 Å². The minimum Gasteiger partial charge on any atom is -0.306 e. The van der Waals surface area contributed by atoms with E-state index in [1.54, 1.807) is 6.07 Å². The van der Waals surface area contributed by atoms with Gasteiger partial charge in [0.25, 0.3) is 5.56 Å². The van der Waals surface area contributed by atoms with Crippen LogP contribution in [0.2, 0.25) is 0 Å². The normalized spacial score (nSPS) is 11.0. The lowest BCUT2D eigenvalue weighted by atomic mass is 10.1. The van der Waals surface area contributed by atoms with Gasteiger partial charge in [-0.05, 0) is 23.8 Å². The van der Waals surface area contributed by atoms with Crippen molar-refractivity contribution in [2.75, 3.05) is 0 Å². The summed E-state index contributed by atoms with van der Waals surface area (Å²) in [7, 11) is 0. The highest BCUT2D eigenvalue weighted by atomic mass is 79.9. The number of halogens is 1. The van der Waals surface area contributed by atoms with Crippen molar-refractivity contribution in [1.82, 2.24) is 9.38 Å². The predicted molar refractivity (Wildman–Crippen MR) is 93.4 cm³/mol. The van der Waals surface area contributed by atoms with E-state index in [4.69, 9.17) is 0 Å². The molecular formula is C18H10BrN3O. The minimum absolute atomic E-state index is 0.200. The maximum Gasteiger partial charge on any atom is 0.258 e. The molecule has 0 bridgehead atoms. The summed E-state index contributed by atoms with van der Waals surface area (Å²) in [5.74, 6) is 0. The topological polar surface area (TPSA) is 61.1 Å². The number of hydrogen-bond donors (Lipinski definition) is 1. The second-order valence-electron chi connectivity index (χ2n) is 5.23. The lowest BCUT2D eigenvalue weighted by Gasteiger charge is -2.02. The molecule has 110 valence electrons. The van der Waals surface area contributed by atoms with Gasteiger partial charge < -0.3 is 9.38 Å². The van der Waals surface area contributed by atoms with Crippen molar-refractivity contribution >= 4 is 32.5 Å². The molecule has 4 nitrogen and oxygen atoms in total. The Kier molecular flexibility index (Phi) is 3.07. The SMILES string of the molecule is N#Cc1c(-c2ccccc2)cn2c1[nH]c(=O)c1ccc(Br)cc12. The lowest BCUT2D eigenvalue weighted by molar-refractivity contribution is 1.16. The first-order chi connectivity index (χ1) is 11.2. The zero-order chi connectivity index (χ0) is 16.0. The zero-order valence-corrected chi connectivity index (χ0v) is 13.5. The monoisotopic (exact) mass is 363 g/mol. The maximum absolute atomic E-state index is 12.3. The maximum atomic E-state index is 12.3. The van der Waals surface area contributed by atoms with Crippen LogP contribution in [0.4, 0.5) is 0 Å². The van der Waals surface area contributed by atoms with Crippen LogP contribution in [0.15, 0.2) is 64.0 Å². The number of nitrogens with zero attached hydrogens (tertiary/aromatic N) is 2. The third kappa shape index (κ3) is 2.07. The van der Waals surface area contributed by atoms with Crippen LogP contribution in [0.5, 0.6) is 0 Å². The molecule has 0 aliphatic rings. The van der Waals surface area contributed by atoms with Crippen LogP contribution in [-0.2, 0) is 0 Å². The molecule has 2 aromatic heterocycles. The molecule has 4 rings (SSSR count). The summed E-state index contributed by atoms with van der Waals surface area (Å²) in [6.45, 7) is 0. The first-order valence-electron chi connectivity index (χ1n) is 7.01. The number of aromatic amines is 1. The fourth-order valence-electron chi connectivity index (χ4n) is 2.84. The average Bonchev–Trinajstić information content (AvgIpc) is 2.94. The van der Waals surface area contributed by atoms with Gasteiger partial charge >= 0.3 is 0 Å². The number of hydrogen-bond acceptors (Lipinski definition) is 2. The Balaban J connectivity index is 2.20. The van der Waals surface area contributed by atoms with E-state index in [0.29, 0.717) is 16.6 Å². The van der Waals surface area contributed by atoms with E-state index in [1.807, 2.05) is 53.1 Å². The van der Waals surface area contributed by atoms with Crippen molar-refractivity contribution in [2.45, 2.75) is 0 Å². The van der Waals surface area contributed by atoms with Gasteiger partial charge in [-0.3, -0.25) is 4.79 Å². The smallest absolute Gasteiger partial charge is 0.258 e. The third-order valence-corrected chi connectivity index (χ3v) is 4.39.